The van der Waals surface area contributed by atoms with Gasteiger partial charge in [-0.1, -0.05) is 41.6 Å². The van der Waals surface area contributed by atoms with Crippen molar-refractivity contribution in [2.45, 2.75) is 6.61 Å². The lowest BCUT2D eigenvalue weighted by Crippen LogP contribution is -2.07. The highest BCUT2D eigenvalue weighted by Crippen LogP contribution is 2.21. The fraction of sp³-hybridized carbons (Fsp3) is 0.158. The third kappa shape index (κ3) is 5.10. The summed E-state index contributed by atoms with van der Waals surface area (Å²) in [6, 6.07) is 13.9. The Kier molecular flexibility index (Phi) is 6.59. The summed E-state index contributed by atoms with van der Waals surface area (Å²) in [5.41, 5.74) is 2.40. The maximum atomic E-state index is 11.9. The van der Waals surface area contributed by atoms with Crippen LogP contribution < -0.4 is 0 Å². The van der Waals surface area contributed by atoms with E-state index in [0.29, 0.717) is 16.7 Å². The minimum atomic E-state index is -0.502. The van der Waals surface area contributed by atoms with Crippen molar-refractivity contribution in [2.75, 3.05) is 14.2 Å². The van der Waals surface area contributed by atoms with Gasteiger partial charge in [-0.15, -0.1) is 0 Å². The molecule has 0 radical (unpaired) electrons. The summed E-state index contributed by atoms with van der Waals surface area (Å²) >= 11 is 0. The van der Waals surface area contributed by atoms with Crippen molar-refractivity contribution in [2.24, 2.45) is 5.16 Å². The van der Waals surface area contributed by atoms with E-state index in [4.69, 9.17) is 14.3 Å². The molecule has 0 unspecified atom stereocenters. The van der Waals surface area contributed by atoms with Gasteiger partial charge in [-0.3, -0.25) is 0 Å². The van der Waals surface area contributed by atoms with Crippen molar-refractivity contribution in [3.63, 3.8) is 0 Å². The number of carbonyl (C=O) groups is 1. The topological polar surface area (TPSA) is 77.4 Å². The van der Waals surface area contributed by atoms with Crippen LogP contribution in [-0.2, 0) is 25.7 Å². The van der Waals surface area contributed by atoms with E-state index in [9.17, 15) is 9.90 Å². The molecular formula is C19H19NO5. The molecule has 0 saturated heterocycles. The monoisotopic (exact) mass is 341 g/mol. The smallest absolute Gasteiger partial charge is 0.341 e. The van der Waals surface area contributed by atoms with E-state index in [0.717, 1.165) is 5.56 Å². The van der Waals surface area contributed by atoms with Gasteiger partial charge in [0.05, 0.1) is 26.7 Å². The summed E-state index contributed by atoms with van der Waals surface area (Å²) in [7, 11) is 2.77. The van der Waals surface area contributed by atoms with E-state index >= 15 is 0 Å². The fourth-order valence-electron chi connectivity index (χ4n) is 2.17. The van der Waals surface area contributed by atoms with Crippen molar-refractivity contribution in [1.29, 1.82) is 0 Å². The Morgan fingerprint density at radius 2 is 1.96 bits per heavy atom. The lowest BCUT2D eigenvalue weighted by Gasteiger charge is -2.10. The molecule has 6 nitrogen and oxygen atoms in total. The summed E-state index contributed by atoms with van der Waals surface area (Å²) in [5.74, 6) is -0.348. The van der Waals surface area contributed by atoms with Crippen LogP contribution in [0.25, 0.3) is 5.57 Å². The van der Waals surface area contributed by atoms with Crippen LogP contribution in [0.5, 0.6) is 5.75 Å². The number of methoxy groups -OCH3 is 2. The molecule has 25 heavy (non-hydrogen) atoms. The Bertz CT molecular complexity index is 783. The summed E-state index contributed by atoms with van der Waals surface area (Å²) in [4.78, 5) is 17.3. The third-order valence-electron chi connectivity index (χ3n) is 3.32. The predicted molar refractivity (Wildman–Crippen MR) is 93.9 cm³/mol. The number of nitrogens with zero attached hydrogens (tertiary/aromatic N) is 1. The zero-order chi connectivity index (χ0) is 18.1. The lowest BCUT2D eigenvalue weighted by atomic mass is 10.0. The Labute approximate surface area is 145 Å². The predicted octanol–water partition coefficient (Wildman–Crippen LogP) is 3.10. The molecule has 0 fully saturated rings. The lowest BCUT2D eigenvalue weighted by molar-refractivity contribution is -0.133. The molecule has 0 aliphatic heterocycles. The van der Waals surface area contributed by atoms with E-state index in [-0.39, 0.29) is 12.4 Å². The first-order valence-corrected chi connectivity index (χ1v) is 7.49. The van der Waals surface area contributed by atoms with Gasteiger partial charge in [0.1, 0.15) is 17.9 Å². The second-order valence-corrected chi connectivity index (χ2v) is 5.02. The third-order valence-corrected chi connectivity index (χ3v) is 3.32. The van der Waals surface area contributed by atoms with Crippen molar-refractivity contribution in [3.8, 4) is 5.75 Å². The van der Waals surface area contributed by atoms with Crippen LogP contribution in [-0.4, -0.2) is 31.5 Å². The van der Waals surface area contributed by atoms with Gasteiger partial charge in [0, 0.05) is 5.56 Å². The van der Waals surface area contributed by atoms with Gasteiger partial charge >= 0.3 is 5.97 Å². The first-order chi connectivity index (χ1) is 12.2. The quantitative estimate of drug-likeness (QED) is 0.275. The summed E-state index contributed by atoms with van der Waals surface area (Å²) in [6.45, 7) is 0.156. The highest BCUT2D eigenvalue weighted by molar-refractivity contribution is 6.16. The number of carbonyl (C=O) groups excluding carboxylic acids is 1. The second kappa shape index (κ2) is 9.12. The molecule has 0 bridgehead atoms. The highest BCUT2D eigenvalue weighted by atomic mass is 16.6. The first kappa shape index (κ1) is 18.1. The van der Waals surface area contributed by atoms with Gasteiger partial charge in [0.15, 0.2) is 0 Å². The highest BCUT2D eigenvalue weighted by Gasteiger charge is 2.16. The summed E-state index contributed by atoms with van der Waals surface area (Å²) in [5, 5.41) is 13.3. The minimum absolute atomic E-state index is 0.154. The number of phenols is 1. The van der Waals surface area contributed by atoms with Crippen molar-refractivity contribution < 1.29 is 24.2 Å². The van der Waals surface area contributed by atoms with Gasteiger partial charge in [-0.05, 0) is 23.3 Å². The summed E-state index contributed by atoms with van der Waals surface area (Å²) < 4.78 is 9.76. The van der Waals surface area contributed by atoms with Crippen molar-refractivity contribution >= 4 is 17.8 Å². The minimum Gasteiger partial charge on any atom is -0.508 e. The number of phenolic OH excluding ortho intramolecular Hbond substituents is 1. The Hall–Kier alpha value is -3.28. The van der Waals surface area contributed by atoms with Crippen LogP contribution >= 0.6 is 0 Å². The van der Waals surface area contributed by atoms with Crippen LogP contribution in [0.2, 0.25) is 0 Å². The standard InChI is InChI=1S/C19H19NO5/c1-23-13-18(19(22)24-2)17-9-4-3-7-15(17)12-25-20-11-14-6-5-8-16(21)10-14/h3-11,13,21H,12H2,1-2H3/b18-13+,20-11+. The maximum absolute atomic E-state index is 11.9. The largest absolute Gasteiger partial charge is 0.508 e. The zero-order valence-corrected chi connectivity index (χ0v) is 14.0. The zero-order valence-electron chi connectivity index (χ0n) is 14.0. The molecule has 0 aliphatic carbocycles. The van der Waals surface area contributed by atoms with Gasteiger partial charge < -0.3 is 19.4 Å². The molecule has 0 aliphatic rings. The molecule has 0 aromatic heterocycles. The van der Waals surface area contributed by atoms with Crippen LogP contribution in [0.3, 0.4) is 0 Å². The maximum Gasteiger partial charge on any atom is 0.341 e. The molecule has 0 spiro atoms. The van der Waals surface area contributed by atoms with Crippen molar-refractivity contribution in [1.82, 2.24) is 0 Å². The number of aromatic hydroxyl groups is 1. The van der Waals surface area contributed by atoms with Crippen LogP contribution in [0.15, 0.2) is 59.9 Å². The number of hydrogen-bond donors (Lipinski definition) is 1. The van der Waals surface area contributed by atoms with E-state index in [1.807, 2.05) is 12.1 Å². The van der Waals surface area contributed by atoms with Crippen molar-refractivity contribution in [3.05, 3.63) is 71.5 Å². The number of benzene rings is 2. The Morgan fingerprint density at radius 1 is 1.16 bits per heavy atom. The summed E-state index contributed by atoms with van der Waals surface area (Å²) in [6.07, 6.45) is 2.83. The van der Waals surface area contributed by atoms with Gasteiger partial charge in [0.2, 0.25) is 0 Å². The number of ether oxygens (including phenoxy) is 2. The second-order valence-electron chi connectivity index (χ2n) is 5.02. The van der Waals surface area contributed by atoms with Crippen LogP contribution in [0.1, 0.15) is 16.7 Å². The Balaban J connectivity index is 2.12. The molecule has 0 heterocycles. The molecule has 130 valence electrons. The number of oxime groups is 1. The Morgan fingerprint density at radius 3 is 2.68 bits per heavy atom. The van der Waals surface area contributed by atoms with Gasteiger partial charge in [-0.25, -0.2) is 4.79 Å². The molecule has 2 aromatic carbocycles. The number of rotatable bonds is 7. The van der Waals surface area contributed by atoms with E-state index in [2.05, 4.69) is 5.16 Å². The first-order valence-electron chi connectivity index (χ1n) is 7.49. The molecule has 2 rings (SSSR count). The van der Waals surface area contributed by atoms with Gasteiger partial charge in [0.25, 0.3) is 0 Å². The molecule has 2 aromatic rings. The van der Waals surface area contributed by atoms with Crippen LogP contribution in [0.4, 0.5) is 0 Å². The molecular weight excluding hydrogens is 322 g/mol. The van der Waals surface area contributed by atoms with E-state index in [1.54, 1.807) is 36.4 Å². The molecule has 0 atom stereocenters. The molecule has 6 heteroatoms. The average molecular weight is 341 g/mol. The number of esters is 1. The van der Waals surface area contributed by atoms with E-state index < -0.39 is 5.97 Å². The normalized spacial score (nSPS) is 11.4. The molecule has 0 saturated carbocycles. The molecule has 0 amide bonds. The molecule has 1 N–H and O–H groups in total. The SMILES string of the molecule is CO/C=C(/C(=O)OC)c1ccccc1CO/N=C/c1cccc(O)c1. The van der Waals surface area contributed by atoms with Crippen LogP contribution in [0, 0.1) is 0 Å². The number of hydrogen-bond acceptors (Lipinski definition) is 6. The fourth-order valence-corrected chi connectivity index (χ4v) is 2.17. The average Bonchev–Trinajstić information content (AvgIpc) is 2.63. The van der Waals surface area contributed by atoms with Gasteiger partial charge in [-0.2, -0.15) is 0 Å². The van der Waals surface area contributed by atoms with E-state index in [1.165, 1.54) is 26.7 Å².